The number of benzene rings is 1. The minimum absolute atomic E-state index is 0.234. The Morgan fingerprint density at radius 3 is 1.70 bits per heavy atom. The number of pyridine rings is 1. The quantitative estimate of drug-likeness (QED) is 0.334. The van der Waals surface area contributed by atoms with Crippen molar-refractivity contribution in [1.82, 2.24) is 0 Å². The highest BCUT2D eigenvalue weighted by atomic mass is 16.6. The van der Waals surface area contributed by atoms with E-state index in [1.165, 1.54) is 6.20 Å². The lowest BCUT2D eigenvalue weighted by Gasteiger charge is -2.11. The van der Waals surface area contributed by atoms with Gasteiger partial charge in [-0.1, -0.05) is 6.07 Å². The van der Waals surface area contributed by atoms with Crippen LogP contribution in [-0.4, -0.2) is 39.1 Å². The number of hydrogen-bond acceptors (Lipinski definition) is 10. The summed E-state index contributed by atoms with van der Waals surface area (Å²) in [6.45, 7) is 0. The second kappa shape index (κ2) is 8.24. The summed E-state index contributed by atoms with van der Waals surface area (Å²) < 4.78 is 0.833. The molecule has 0 aliphatic carbocycles. The minimum atomic E-state index is -1.48. The first-order valence-electron chi connectivity index (χ1n) is 6.86. The van der Waals surface area contributed by atoms with Crippen molar-refractivity contribution in [2.45, 2.75) is 0 Å². The monoisotopic (exact) mass is 383 g/mol. The Hall–Kier alpha value is -4.23. The molecule has 1 aromatic carbocycles. The van der Waals surface area contributed by atoms with Gasteiger partial charge in [-0.15, -0.1) is 0 Å². The molecule has 2 aromatic rings. The average Bonchev–Trinajstić information content (AvgIpc) is 2.54. The number of anilines is 1. The smallest absolute Gasteiger partial charge is 0.366 e. The lowest BCUT2D eigenvalue weighted by Crippen LogP contribution is -2.33. The van der Waals surface area contributed by atoms with Crippen molar-refractivity contribution in [3.05, 3.63) is 66.0 Å². The zero-order valence-corrected chi connectivity index (χ0v) is 13.9. The molecule has 2 rings (SSSR count). The van der Waals surface area contributed by atoms with Crippen molar-refractivity contribution in [2.24, 2.45) is 0 Å². The van der Waals surface area contributed by atoms with Crippen LogP contribution in [0.15, 0.2) is 30.5 Å². The molecule has 0 aliphatic rings. The first-order chi connectivity index (χ1) is 12.5. The van der Waals surface area contributed by atoms with Gasteiger partial charge in [0.05, 0.1) is 35.1 Å². The molecule has 0 spiro atoms. The van der Waals surface area contributed by atoms with Crippen LogP contribution >= 0.6 is 0 Å². The SMILES string of the molecule is CN(C)c1cccc[n+]1[O-].O=[N+]([O-])c1cc([N+](=O)[O-])c(O)c([N+](=O)[O-])c1O. The van der Waals surface area contributed by atoms with Gasteiger partial charge in [-0.25, -0.2) is 4.73 Å². The van der Waals surface area contributed by atoms with Crippen LogP contribution in [0, 0.1) is 35.6 Å². The third kappa shape index (κ3) is 4.65. The number of hydrogen-bond donors (Lipinski definition) is 2. The Morgan fingerprint density at radius 2 is 1.41 bits per heavy atom. The lowest BCUT2D eigenvalue weighted by atomic mass is 10.2. The standard InChI is InChI=1S/C7H10N2O.C6H3N3O8/c1-8(2)7-5-3-4-6-9(7)10;10-5-2(7(12)13)1-3(8(14)15)6(11)4(5)9(16)17/h3-6H,1-2H3;1,10-11H. The lowest BCUT2D eigenvalue weighted by molar-refractivity contribution is -0.592. The number of rotatable bonds is 4. The molecule has 0 saturated carbocycles. The van der Waals surface area contributed by atoms with Gasteiger partial charge in [0.2, 0.25) is 0 Å². The van der Waals surface area contributed by atoms with Crippen LogP contribution in [0.2, 0.25) is 0 Å². The maximum atomic E-state index is 10.9. The molecule has 0 unspecified atom stereocenters. The number of nitrogens with zero attached hydrogens (tertiary/aromatic N) is 5. The fourth-order valence-electron chi connectivity index (χ4n) is 1.84. The number of phenolic OH excluding ortho intramolecular Hbond substituents is 2. The van der Waals surface area contributed by atoms with Gasteiger partial charge in [-0.3, -0.25) is 35.2 Å². The van der Waals surface area contributed by atoms with Crippen LogP contribution in [0.1, 0.15) is 0 Å². The van der Waals surface area contributed by atoms with Gasteiger partial charge in [0, 0.05) is 6.07 Å². The van der Waals surface area contributed by atoms with Crippen molar-refractivity contribution >= 4 is 22.9 Å². The Balaban J connectivity index is 0.000000309. The molecule has 0 saturated heterocycles. The van der Waals surface area contributed by atoms with E-state index in [-0.39, 0.29) is 6.07 Å². The molecule has 0 aliphatic heterocycles. The second-order valence-corrected chi connectivity index (χ2v) is 5.01. The molecule has 14 nitrogen and oxygen atoms in total. The number of aromatic hydroxyl groups is 2. The van der Waals surface area contributed by atoms with Gasteiger partial charge >= 0.3 is 17.1 Å². The fraction of sp³-hybridized carbons (Fsp3) is 0.154. The molecule has 0 fully saturated rings. The number of nitro benzene ring substituents is 3. The topological polar surface area (TPSA) is 200 Å². The maximum absolute atomic E-state index is 10.9. The molecule has 27 heavy (non-hydrogen) atoms. The summed E-state index contributed by atoms with van der Waals surface area (Å²) in [6, 6.07) is 5.55. The predicted octanol–water partition coefficient (Wildman–Crippen LogP) is 1.21. The molecule has 144 valence electrons. The first-order valence-corrected chi connectivity index (χ1v) is 6.86. The first kappa shape index (κ1) is 20.8. The minimum Gasteiger partial charge on any atom is -0.711 e. The van der Waals surface area contributed by atoms with E-state index >= 15 is 0 Å². The zero-order chi connectivity index (χ0) is 20.9. The van der Waals surface area contributed by atoms with Crippen LogP contribution in [0.5, 0.6) is 11.5 Å². The summed E-state index contributed by atoms with van der Waals surface area (Å²) >= 11 is 0. The van der Waals surface area contributed by atoms with E-state index in [0.29, 0.717) is 5.82 Å². The molecule has 1 heterocycles. The van der Waals surface area contributed by atoms with E-state index in [0.717, 1.165) is 4.73 Å². The molecule has 1 aromatic heterocycles. The van der Waals surface area contributed by atoms with Crippen LogP contribution < -0.4 is 9.63 Å². The molecule has 0 bridgehead atoms. The van der Waals surface area contributed by atoms with Crippen molar-refractivity contribution < 1.29 is 29.7 Å². The summed E-state index contributed by atoms with van der Waals surface area (Å²) in [6.07, 6.45) is 1.48. The van der Waals surface area contributed by atoms with Crippen LogP contribution in [0.4, 0.5) is 22.9 Å². The van der Waals surface area contributed by atoms with Crippen LogP contribution in [0.25, 0.3) is 0 Å². The number of nitro groups is 3. The van der Waals surface area contributed by atoms with E-state index in [1.807, 2.05) is 20.2 Å². The number of aromatic nitrogens is 1. The van der Waals surface area contributed by atoms with Crippen molar-refractivity contribution in [1.29, 1.82) is 0 Å². The molecule has 0 amide bonds. The zero-order valence-electron chi connectivity index (χ0n) is 13.9. The molecule has 0 atom stereocenters. The third-order valence-electron chi connectivity index (χ3n) is 3.05. The molecule has 0 radical (unpaired) electrons. The van der Waals surface area contributed by atoms with E-state index in [9.17, 15) is 35.6 Å². The van der Waals surface area contributed by atoms with Crippen molar-refractivity contribution in [2.75, 3.05) is 19.0 Å². The molecule has 14 heteroatoms. The summed E-state index contributed by atoms with van der Waals surface area (Å²) in [5.74, 6) is -2.23. The van der Waals surface area contributed by atoms with Gasteiger partial charge in [-0.05, 0) is 6.07 Å². The van der Waals surface area contributed by atoms with Gasteiger partial charge in [0.15, 0.2) is 0 Å². The summed E-state index contributed by atoms with van der Waals surface area (Å²) in [5.41, 5.74) is -3.95. The fourth-order valence-corrected chi connectivity index (χ4v) is 1.84. The van der Waals surface area contributed by atoms with Gasteiger partial charge in [0.1, 0.15) is 6.07 Å². The highest BCUT2D eigenvalue weighted by Crippen LogP contribution is 2.47. The van der Waals surface area contributed by atoms with Crippen molar-refractivity contribution in [3.8, 4) is 11.5 Å². The van der Waals surface area contributed by atoms with E-state index in [4.69, 9.17) is 10.2 Å². The average molecular weight is 383 g/mol. The van der Waals surface area contributed by atoms with E-state index < -0.39 is 43.3 Å². The maximum Gasteiger partial charge on any atom is 0.366 e. The van der Waals surface area contributed by atoms with Gasteiger partial charge in [-0.2, -0.15) is 0 Å². The van der Waals surface area contributed by atoms with Crippen LogP contribution in [0.3, 0.4) is 0 Å². The van der Waals surface area contributed by atoms with E-state index in [2.05, 4.69) is 0 Å². The summed E-state index contributed by atoms with van der Waals surface area (Å²) in [7, 11) is 3.67. The van der Waals surface area contributed by atoms with Gasteiger partial charge < -0.3 is 15.4 Å². The third-order valence-corrected chi connectivity index (χ3v) is 3.05. The highest BCUT2D eigenvalue weighted by molar-refractivity contribution is 5.73. The Bertz CT molecular complexity index is 862. The largest absolute Gasteiger partial charge is 0.711 e. The molecular formula is C13H13N5O9. The Morgan fingerprint density at radius 1 is 0.926 bits per heavy atom. The number of phenols is 2. The molecule has 2 N–H and O–H groups in total. The van der Waals surface area contributed by atoms with E-state index in [1.54, 1.807) is 17.0 Å². The van der Waals surface area contributed by atoms with Crippen molar-refractivity contribution in [3.63, 3.8) is 0 Å². The Labute approximate surface area is 150 Å². The Kier molecular flexibility index (Phi) is 6.35. The van der Waals surface area contributed by atoms with Gasteiger partial charge in [0.25, 0.3) is 17.3 Å². The summed E-state index contributed by atoms with van der Waals surface area (Å²) in [4.78, 5) is 29.2. The predicted molar refractivity (Wildman–Crippen MR) is 89.5 cm³/mol. The molecular weight excluding hydrogens is 370 g/mol. The second-order valence-electron chi connectivity index (χ2n) is 5.01. The van der Waals surface area contributed by atoms with Crippen LogP contribution in [-0.2, 0) is 0 Å². The summed E-state index contributed by atoms with van der Waals surface area (Å²) in [5, 5.41) is 60.5. The normalized spacial score (nSPS) is 9.70. The highest BCUT2D eigenvalue weighted by Gasteiger charge is 2.37.